The van der Waals surface area contributed by atoms with Crippen LogP contribution in [-0.2, 0) is 31.9 Å². The number of amides is 2. The number of allylic oxidation sites excluding steroid dienone is 5. The average molecular weight is 611 g/mol. The first-order valence-electron chi connectivity index (χ1n) is 15.7. The minimum atomic E-state index is -1.08. The lowest BCUT2D eigenvalue weighted by atomic mass is 9.95. The molecule has 44 heavy (non-hydrogen) atoms. The summed E-state index contributed by atoms with van der Waals surface area (Å²) in [5.41, 5.74) is 6.31. The maximum atomic E-state index is 13.5. The second-order valence-corrected chi connectivity index (χ2v) is 12.0. The number of hydrogen-bond donors (Lipinski definition) is 2. The van der Waals surface area contributed by atoms with Crippen molar-refractivity contribution in [3.63, 3.8) is 0 Å². The molecule has 7 heteroatoms. The van der Waals surface area contributed by atoms with Crippen LogP contribution in [0.25, 0.3) is 0 Å². The van der Waals surface area contributed by atoms with E-state index in [-0.39, 0.29) is 6.54 Å². The van der Waals surface area contributed by atoms with E-state index in [1.54, 1.807) is 20.8 Å². The zero-order valence-corrected chi connectivity index (χ0v) is 29.2. The van der Waals surface area contributed by atoms with E-state index in [4.69, 9.17) is 9.47 Å². The molecular formula is C37H58N2O5. The van der Waals surface area contributed by atoms with Crippen LogP contribution >= 0.6 is 0 Å². The molecule has 1 atom stereocenters. The van der Waals surface area contributed by atoms with Crippen molar-refractivity contribution in [3.05, 3.63) is 82.0 Å². The number of aryl methyl sites for hydroxylation is 2. The Hall–Kier alpha value is -3.61. The number of esters is 1. The van der Waals surface area contributed by atoms with Crippen molar-refractivity contribution in [3.8, 4) is 0 Å². The zero-order valence-electron chi connectivity index (χ0n) is 29.2. The molecular weight excluding hydrogens is 552 g/mol. The van der Waals surface area contributed by atoms with Gasteiger partial charge in [0.15, 0.2) is 0 Å². The third kappa shape index (κ3) is 16.3. The number of methoxy groups -OCH3 is 1. The first kappa shape index (κ1) is 40.4. The molecule has 1 aromatic rings. The highest BCUT2D eigenvalue weighted by molar-refractivity contribution is 6.01. The van der Waals surface area contributed by atoms with Gasteiger partial charge in [0, 0.05) is 5.57 Å². The van der Waals surface area contributed by atoms with Crippen molar-refractivity contribution in [2.24, 2.45) is 0 Å². The monoisotopic (exact) mass is 610 g/mol. The molecule has 0 aliphatic carbocycles. The maximum Gasteiger partial charge on any atom is 0.407 e. The first-order chi connectivity index (χ1) is 20.7. The molecule has 0 radical (unpaired) electrons. The van der Waals surface area contributed by atoms with Crippen molar-refractivity contribution in [2.75, 3.05) is 13.7 Å². The summed E-state index contributed by atoms with van der Waals surface area (Å²) >= 11 is 0. The van der Waals surface area contributed by atoms with Gasteiger partial charge in [0.2, 0.25) is 0 Å². The number of hydrogen-bond acceptors (Lipinski definition) is 5. The summed E-state index contributed by atoms with van der Waals surface area (Å²) in [6.07, 6.45) is 9.38. The molecule has 0 aromatic heterocycles. The lowest BCUT2D eigenvalue weighted by molar-refractivity contribution is -0.144. The zero-order chi connectivity index (χ0) is 33.9. The fourth-order valence-electron chi connectivity index (χ4n) is 4.42. The highest BCUT2D eigenvalue weighted by Crippen LogP contribution is 2.22. The van der Waals surface area contributed by atoms with Crippen molar-refractivity contribution in [1.29, 1.82) is 0 Å². The van der Waals surface area contributed by atoms with Crippen LogP contribution in [0.3, 0.4) is 0 Å². The van der Waals surface area contributed by atoms with E-state index in [1.165, 1.54) is 23.8 Å². The highest BCUT2D eigenvalue weighted by Gasteiger charge is 2.26. The number of benzene rings is 1. The number of carbonyl (C=O) groups is 3. The molecule has 2 amide bonds. The predicted molar refractivity (Wildman–Crippen MR) is 183 cm³/mol. The number of carbonyl (C=O) groups excluding carboxylic acids is 3. The quantitative estimate of drug-likeness (QED) is 0.0684. The molecule has 0 aliphatic rings. The molecule has 1 aromatic carbocycles. The summed E-state index contributed by atoms with van der Waals surface area (Å²) in [6, 6.07) is 7.69. The Morgan fingerprint density at radius 3 is 2.14 bits per heavy atom. The molecule has 0 aliphatic heterocycles. The fourth-order valence-corrected chi connectivity index (χ4v) is 4.42. The van der Waals surface area contributed by atoms with Crippen molar-refractivity contribution < 1.29 is 23.9 Å². The Morgan fingerprint density at radius 2 is 1.59 bits per heavy atom. The van der Waals surface area contributed by atoms with Gasteiger partial charge < -0.3 is 20.1 Å². The minimum absolute atomic E-state index is 0.167. The van der Waals surface area contributed by atoms with Crippen LogP contribution in [0.4, 0.5) is 4.79 Å². The smallest absolute Gasteiger partial charge is 0.407 e. The van der Waals surface area contributed by atoms with E-state index in [9.17, 15) is 14.4 Å². The van der Waals surface area contributed by atoms with Gasteiger partial charge in [0.05, 0.1) is 13.7 Å². The average Bonchev–Trinajstić information content (AvgIpc) is 2.96. The van der Waals surface area contributed by atoms with Gasteiger partial charge in [-0.3, -0.25) is 4.79 Å². The molecule has 2 N–H and O–H groups in total. The lowest BCUT2D eigenvalue weighted by Gasteiger charge is -2.22. The van der Waals surface area contributed by atoms with Gasteiger partial charge in [-0.1, -0.05) is 61.4 Å². The van der Waals surface area contributed by atoms with E-state index in [1.807, 2.05) is 53.7 Å². The van der Waals surface area contributed by atoms with E-state index in [0.717, 1.165) is 55.2 Å². The van der Waals surface area contributed by atoms with Crippen LogP contribution < -0.4 is 10.6 Å². The predicted octanol–water partition coefficient (Wildman–Crippen LogP) is 8.35. The van der Waals surface area contributed by atoms with Gasteiger partial charge in [0.1, 0.15) is 11.6 Å². The Kier molecular flexibility index (Phi) is 19.4. The van der Waals surface area contributed by atoms with Gasteiger partial charge in [-0.15, -0.1) is 6.58 Å². The molecule has 0 spiro atoms. The second-order valence-electron chi connectivity index (χ2n) is 12.0. The molecule has 0 saturated heterocycles. The van der Waals surface area contributed by atoms with E-state index in [2.05, 4.69) is 48.4 Å². The van der Waals surface area contributed by atoms with Gasteiger partial charge in [-0.2, -0.15) is 0 Å². The molecule has 1 rings (SSSR count). The number of alkyl carbamates (subject to hydrolysis) is 1. The number of nitrogens with one attached hydrogen (secondary N) is 2. The fraction of sp³-hybridized carbons (Fsp3) is 0.541. The summed E-state index contributed by atoms with van der Waals surface area (Å²) < 4.78 is 10.1. The van der Waals surface area contributed by atoms with Gasteiger partial charge in [-0.05, 0) is 116 Å². The van der Waals surface area contributed by atoms with E-state index in [0.29, 0.717) is 5.57 Å². The van der Waals surface area contributed by atoms with Crippen LogP contribution in [0, 0.1) is 0 Å². The second kappa shape index (κ2) is 21.2. The minimum Gasteiger partial charge on any atom is -0.467 e. The van der Waals surface area contributed by atoms with Crippen molar-refractivity contribution >= 4 is 18.0 Å². The summed E-state index contributed by atoms with van der Waals surface area (Å²) in [4.78, 5) is 38.1. The lowest BCUT2D eigenvalue weighted by Crippen LogP contribution is -2.50. The molecule has 0 fully saturated rings. The Labute approximate surface area is 267 Å². The van der Waals surface area contributed by atoms with Crippen LogP contribution in [0.1, 0.15) is 106 Å². The first-order valence-corrected chi connectivity index (χ1v) is 15.7. The molecule has 0 heterocycles. The van der Waals surface area contributed by atoms with Crippen LogP contribution in [0.15, 0.2) is 70.9 Å². The summed E-state index contributed by atoms with van der Waals surface area (Å²) in [7, 11) is 1.24. The standard InChI is InChI=1S/C35H52N2O5.C2H6/c1-11-12-17-28-19-15-20-29(22-28)18-14-13-16-25(4)21-26(5)31(27(6)24(2)3)32(38)37-30(33(39)41-10)23-36-34(40)42-35(7,8)9;1-2/h11,15,19-22,30H,1,12-14,16-18,23H2,2-10H3,(H,36,40)(H,37,38);1-2H3/b25-21+,31-26+;/t30-;/m0./s1. The number of unbranched alkanes of at least 4 members (excludes halogenated alkanes) is 1. The third-order valence-corrected chi connectivity index (χ3v) is 6.76. The SMILES string of the molecule is C=CCCc1cccc(CCCC/C(C)=C/C(C)=C(/C(=O)N[C@@H](CNC(=O)OC(C)(C)C)C(=O)OC)C(C)=C(C)C)c1.CC. The number of ether oxygens (including phenoxy) is 2. The molecule has 7 nitrogen and oxygen atoms in total. The number of rotatable bonds is 15. The Morgan fingerprint density at radius 1 is 0.977 bits per heavy atom. The van der Waals surface area contributed by atoms with Crippen molar-refractivity contribution in [1.82, 2.24) is 10.6 Å². The van der Waals surface area contributed by atoms with Gasteiger partial charge in [-0.25, -0.2) is 9.59 Å². The third-order valence-electron chi connectivity index (χ3n) is 6.76. The van der Waals surface area contributed by atoms with Crippen LogP contribution in [-0.4, -0.2) is 43.3 Å². The molecule has 246 valence electrons. The summed E-state index contributed by atoms with van der Waals surface area (Å²) in [5, 5.41) is 5.30. The Balaban J connectivity index is 0.00000904. The molecule has 0 saturated carbocycles. The summed E-state index contributed by atoms with van der Waals surface area (Å²) in [6.45, 7) is 22.6. The molecule has 0 bridgehead atoms. The van der Waals surface area contributed by atoms with Gasteiger partial charge >= 0.3 is 12.1 Å². The van der Waals surface area contributed by atoms with E-state index < -0.39 is 29.6 Å². The van der Waals surface area contributed by atoms with Gasteiger partial charge in [0.25, 0.3) is 5.91 Å². The largest absolute Gasteiger partial charge is 0.467 e. The normalized spacial score (nSPS) is 12.5. The van der Waals surface area contributed by atoms with Crippen LogP contribution in [0.2, 0.25) is 0 Å². The summed E-state index contributed by atoms with van der Waals surface area (Å²) in [5.74, 6) is -1.07. The Bertz CT molecular complexity index is 1180. The highest BCUT2D eigenvalue weighted by atomic mass is 16.6. The van der Waals surface area contributed by atoms with Crippen molar-refractivity contribution in [2.45, 2.75) is 119 Å². The topological polar surface area (TPSA) is 93.7 Å². The van der Waals surface area contributed by atoms with Crippen LogP contribution in [0.5, 0.6) is 0 Å². The molecule has 0 unspecified atom stereocenters. The maximum absolute atomic E-state index is 13.5. The van der Waals surface area contributed by atoms with E-state index >= 15 is 0 Å².